The molecule has 4 rings (SSSR count). The standard InChI is InChI=1S/C28H31N3O4S/c1-5-35-27(33)24-25(19-11-7-6-8-12-19)30-28-31(26(24)21-13-9-10-14-22(21)34-4)20(17-36-28)15-23(32)29-16-18(2)3/h6-14,17-18,26H,5,15-16H2,1-4H3,(H,29,32)/t26-/m0/s1. The van der Waals surface area contributed by atoms with Gasteiger partial charge in [0.1, 0.15) is 5.75 Å². The minimum atomic E-state index is -0.581. The third-order valence-electron chi connectivity index (χ3n) is 5.84. The Balaban J connectivity index is 1.86. The molecule has 36 heavy (non-hydrogen) atoms. The van der Waals surface area contributed by atoms with Gasteiger partial charge in [-0.2, -0.15) is 0 Å². The number of thioether (sulfide) groups is 1. The number of aliphatic imine (C=N–C) groups is 1. The van der Waals surface area contributed by atoms with Crippen molar-refractivity contribution < 1.29 is 19.1 Å². The number of carbonyl (C=O) groups excluding carboxylic acids is 2. The largest absolute Gasteiger partial charge is 0.496 e. The lowest BCUT2D eigenvalue weighted by molar-refractivity contribution is -0.139. The molecule has 0 saturated carbocycles. The van der Waals surface area contributed by atoms with Crippen LogP contribution in [-0.4, -0.2) is 42.2 Å². The average Bonchev–Trinajstić information content (AvgIpc) is 3.29. The predicted molar refractivity (Wildman–Crippen MR) is 143 cm³/mol. The van der Waals surface area contributed by atoms with E-state index in [1.807, 2.05) is 64.9 Å². The van der Waals surface area contributed by atoms with Gasteiger partial charge >= 0.3 is 5.97 Å². The molecule has 1 atom stereocenters. The number of methoxy groups -OCH3 is 1. The number of para-hydroxylation sites is 1. The lowest BCUT2D eigenvalue weighted by atomic mass is 9.91. The molecule has 1 amide bonds. The van der Waals surface area contributed by atoms with Crippen molar-refractivity contribution in [1.82, 2.24) is 10.2 Å². The highest BCUT2D eigenvalue weighted by Crippen LogP contribution is 2.48. The maximum Gasteiger partial charge on any atom is 0.338 e. The molecule has 1 N–H and O–H groups in total. The van der Waals surface area contributed by atoms with Crippen LogP contribution in [0.25, 0.3) is 5.70 Å². The maximum absolute atomic E-state index is 13.5. The van der Waals surface area contributed by atoms with E-state index >= 15 is 0 Å². The van der Waals surface area contributed by atoms with Crippen LogP contribution in [-0.2, 0) is 14.3 Å². The molecule has 2 aliphatic heterocycles. The molecule has 0 spiro atoms. The number of hydrogen-bond acceptors (Lipinski definition) is 7. The summed E-state index contributed by atoms with van der Waals surface area (Å²) in [4.78, 5) is 33.2. The Morgan fingerprint density at radius 1 is 1.11 bits per heavy atom. The molecule has 7 nitrogen and oxygen atoms in total. The number of benzene rings is 2. The molecule has 0 aromatic heterocycles. The summed E-state index contributed by atoms with van der Waals surface area (Å²) in [6.07, 6.45) is 0.168. The topological polar surface area (TPSA) is 80.2 Å². The van der Waals surface area contributed by atoms with Crippen LogP contribution in [0.4, 0.5) is 0 Å². The average molecular weight is 506 g/mol. The van der Waals surface area contributed by atoms with Gasteiger partial charge in [-0.3, -0.25) is 4.79 Å². The van der Waals surface area contributed by atoms with Crippen molar-refractivity contribution in [3.63, 3.8) is 0 Å². The Kier molecular flexibility index (Phi) is 8.15. The van der Waals surface area contributed by atoms with E-state index in [9.17, 15) is 9.59 Å². The van der Waals surface area contributed by atoms with Gasteiger partial charge in [0.15, 0.2) is 5.17 Å². The molecule has 188 valence electrons. The van der Waals surface area contributed by atoms with E-state index in [-0.39, 0.29) is 18.9 Å². The summed E-state index contributed by atoms with van der Waals surface area (Å²) < 4.78 is 11.3. The van der Waals surface area contributed by atoms with Gasteiger partial charge < -0.3 is 19.7 Å². The highest BCUT2D eigenvalue weighted by atomic mass is 32.2. The van der Waals surface area contributed by atoms with Gasteiger partial charge in [0.05, 0.1) is 37.4 Å². The zero-order valence-corrected chi connectivity index (χ0v) is 21.8. The maximum atomic E-state index is 13.5. The second-order valence-corrected chi connectivity index (χ2v) is 9.70. The number of amidine groups is 1. The minimum Gasteiger partial charge on any atom is -0.496 e. The van der Waals surface area contributed by atoms with Crippen LogP contribution in [0.5, 0.6) is 5.75 Å². The highest BCUT2D eigenvalue weighted by Gasteiger charge is 2.43. The number of carbonyl (C=O) groups is 2. The van der Waals surface area contributed by atoms with E-state index in [4.69, 9.17) is 14.5 Å². The summed E-state index contributed by atoms with van der Waals surface area (Å²) in [5.41, 5.74) is 3.34. The van der Waals surface area contributed by atoms with Crippen LogP contribution in [0.2, 0.25) is 0 Å². The normalized spacial score (nSPS) is 16.9. The molecular weight excluding hydrogens is 474 g/mol. The smallest absolute Gasteiger partial charge is 0.338 e. The summed E-state index contributed by atoms with van der Waals surface area (Å²) in [7, 11) is 1.61. The second-order valence-electron chi connectivity index (χ2n) is 8.86. The fourth-order valence-corrected chi connectivity index (χ4v) is 5.14. The monoisotopic (exact) mass is 505 g/mol. The summed E-state index contributed by atoms with van der Waals surface area (Å²) >= 11 is 1.44. The Bertz CT molecular complexity index is 1220. The van der Waals surface area contributed by atoms with Gasteiger partial charge in [0.25, 0.3) is 0 Å². The molecule has 2 aromatic carbocycles. The van der Waals surface area contributed by atoms with Gasteiger partial charge in [-0.15, -0.1) is 0 Å². The van der Waals surface area contributed by atoms with Crippen molar-refractivity contribution >= 4 is 34.5 Å². The van der Waals surface area contributed by atoms with E-state index in [2.05, 4.69) is 19.2 Å². The fourth-order valence-electron chi connectivity index (χ4n) is 4.22. The predicted octanol–water partition coefficient (Wildman–Crippen LogP) is 5.13. The number of rotatable bonds is 9. The third-order valence-corrected chi connectivity index (χ3v) is 6.72. The van der Waals surface area contributed by atoms with Gasteiger partial charge in [-0.05, 0) is 24.3 Å². The Morgan fingerprint density at radius 3 is 2.53 bits per heavy atom. The van der Waals surface area contributed by atoms with Crippen molar-refractivity contribution in [2.45, 2.75) is 33.2 Å². The zero-order chi connectivity index (χ0) is 25.7. The van der Waals surface area contributed by atoms with Crippen molar-refractivity contribution in [3.8, 4) is 5.75 Å². The SMILES string of the molecule is CCOC(=O)C1=C(c2ccccc2)N=C2SC=C(CC(=O)NCC(C)C)N2[C@H]1c1ccccc1OC. The number of nitrogens with one attached hydrogen (secondary N) is 1. The summed E-state index contributed by atoms with van der Waals surface area (Å²) in [5, 5.41) is 5.62. The highest BCUT2D eigenvalue weighted by molar-refractivity contribution is 8.16. The number of amides is 1. The Hall–Kier alpha value is -3.52. The quantitative estimate of drug-likeness (QED) is 0.476. The number of esters is 1. The van der Waals surface area contributed by atoms with Crippen molar-refractivity contribution in [3.05, 3.63) is 82.4 Å². The van der Waals surface area contributed by atoms with E-state index in [0.717, 1.165) is 16.8 Å². The van der Waals surface area contributed by atoms with Crippen LogP contribution in [0.15, 0.2) is 76.3 Å². The lowest BCUT2D eigenvalue weighted by Gasteiger charge is -2.37. The molecule has 0 saturated heterocycles. The van der Waals surface area contributed by atoms with Gasteiger partial charge in [-0.25, -0.2) is 9.79 Å². The van der Waals surface area contributed by atoms with Gasteiger partial charge in [0.2, 0.25) is 5.91 Å². The molecule has 8 heteroatoms. The molecule has 0 radical (unpaired) electrons. The van der Waals surface area contributed by atoms with Crippen LogP contribution in [0.1, 0.15) is 44.4 Å². The van der Waals surface area contributed by atoms with E-state index < -0.39 is 12.0 Å². The first kappa shape index (κ1) is 25.6. The molecule has 0 unspecified atom stereocenters. The van der Waals surface area contributed by atoms with Gasteiger partial charge in [-0.1, -0.05) is 74.1 Å². The molecule has 0 aliphatic carbocycles. The Labute approximate surface area is 216 Å². The lowest BCUT2D eigenvalue weighted by Crippen LogP contribution is -2.38. The second kappa shape index (κ2) is 11.5. The summed E-state index contributed by atoms with van der Waals surface area (Å²) in [6, 6.07) is 16.6. The zero-order valence-electron chi connectivity index (χ0n) is 21.0. The molecule has 2 aromatic rings. The number of ether oxygens (including phenoxy) is 2. The van der Waals surface area contributed by atoms with Crippen molar-refractivity contribution in [1.29, 1.82) is 0 Å². The molecule has 0 fully saturated rings. The minimum absolute atomic E-state index is 0.0777. The van der Waals surface area contributed by atoms with E-state index in [1.54, 1.807) is 14.0 Å². The summed E-state index contributed by atoms with van der Waals surface area (Å²) in [5.74, 6) is 0.459. The van der Waals surface area contributed by atoms with Crippen LogP contribution < -0.4 is 10.1 Å². The molecular formula is C28H31N3O4S. The number of nitrogens with zero attached hydrogens (tertiary/aromatic N) is 2. The first-order valence-electron chi connectivity index (χ1n) is 12.0. The number of hydrogen-bond donors (Lipinski definition) is 1. The van der Waals surface area contributed by atoms with Crippen LogP contribution >= 0.6 is 11.8 Å². The van der Waals surface area contributed by atoms with Crippen molar-refractivity contribution in [2.75, 3.05) is 20.3 Å². The van der Waals surface area contributed by atoms with E-state index in [0.29, 0.717) is 34.6 Å². The Morgan fingerprint density at radius 2 is 1.83 bits per heavy atom. The van der Waals surface area contributed by atoms with E-state index in [1.165, 1.54) is 11.8 Å². The molecule has 2 heterocycles. The van der Waals surface area contributed by atoms with Crippen LogP contribution in [0, 0.1) is 5.92 Å². The number of fused-ring (bicyclic) bond motifs is 1. The first-order chi connectivity index (χ1) is 17.4. The van der Waals surface area contributed by atoms with Crippen LogP contribution in [0.3, 0.4) is 0 Å². The summed E-state index contributed by atoms with van der Waals surface area (Å²) in [6.45, 7) is 6.72. The van der Waals surface area contributed by atoms with Crippen molar-refractivity contribution in [2.24, 2.45) is 10.9 Å². The third kappa shape index (κ3) is 5.33. The molecule has 2 aliphatic rings. The first-order valence-corrected chi connectivity index (χ1v) is 12.9. The van der Waals surface area contributed by atoms with Gasteiger partial charge in [0, 0.05) is 23.4 Å². The molecule has 0 bridgehead atoms. The fraction of sp³-hybridized carbons (Fsp3) is 0.321.